The van der Waals surface area contributed by atoms with E-state index in [1.54, 1.807) is 0 Å². The van der Waals surface area contributed by atoms with E-state index in [1.807, 2.05) is 4.90 Å². The van der Waals surface area contributed by atoms with Crippen LogP contribution in [0.25, 0.3) is 0 Å². The number of primary amides is 1. The van der Waals surface area contributed by atoms with Gasteiger partial charge in [-0.2, -0.15) is 0 Å². The number of piperidine rings is 1. The number of halogens is 1. The topological polar surface area (TPSA) is 89.4 Å². The van der Waals surface area contributed by atoms with Gasteiger partial charge in [-0.3, -0.25) is 9.59 Å². The van der Waals surface area contributed by atoms with E-state index in [9.17, 15) is 9.59 Å². The molecule has 21 heavy (non-hydrogen) atoms. The van der Waals surface area contributed by atoms with Gasteiger partial charge in [0, 0.05) is 25.4 Å². The number of carbonyl (C=O) groups is 2. The Hall–Kier alpha value is -0.810. The van der Waals surface area contributed by atoms with Gasteiger partial charge in [-0.1, -0.05) is 19.3 Å². The van der Waals surface area contributed by atoms with Crippen molar-refractivity contribution >= 4 is 24.2 Å². The van der Waals surface area contributed by atoms with Gasteiger partial charge in [0.2, 0.25) is 11.8 Å². The zero-order chi connectivity index (χ0) is 14.6. The molecule has 1 saturated heterocycles. The van der Waals surface area contributed by atoms with Crippen molar-refractivity contribution in [3.63, 3.8) is 0 Å². The van der Waals surface area contributed by atoms with Crippen molar-refractivity contribution in [2.75, 3.05) is 19.6 Å². The maximum Gasteiger partial charge on any atom is 0.223 e. The fraction of sp³-hybridized carbons (Fsp3) is 0.867. The number of hydrogen-bond acceptors (Lipinski definition) is 3. The Balaban J connectivity index is 0.00000220. The summed E-state index contributed by atoms with van der Waals surface area (Å²) >= 11 is 0. The first kappa shape index (κ1) is 18.2. The van der Waals surface area contributed by atoms with E-state index in [0.29, 0.717) is 38.9 Å². The summed E-state index contributed by atoms with van der Waals surface area (Å²) in [6.07, 6.45) is 7.78. The third kappa shape index (κ3) is 4.58. The quantitative estimate of drug-likeness (QED) is 0.822. The highest BCUT2D eigenvalue weighted by Crippen LogP contribution is 2.39. The van der Waals surface area contributed by atoms with Crippen LogP contribution in [0.1, 0.15) is 51.4 Å². The normalized spacial score (nSPS) is 22.4. The first-order valence-corrected chi connectivity index (χ1v) is 7.83. The number of hydrogen-bond donors (Lipinski definition) is 2. The highest BCUT2D eigenvalue weighted by atomic mass is 35.5. The standard InChI is InChI=1S/C15H27N3O2.ClH/c16-11-15(6-2-1-3-7-15)10-13(19)18-8-4-12(5-9-18)14(17)20;/h12H,1-11,16H2,(H2,17,20);1H. The van der Waals surface area contributed by atoms with Gasteiger partial charge < -0.3 is 16.4 Å². The summed E-state index contributed by atoms with van der Waals surface area (Å²) in [6, 6.07) is 0. The molecule has 6 heteroatoms. The second kappa shape index (κ2) is 7.99. The average molecular weight is 318 g/mol. The lowest BCUT2D eigenvalue weighted by atomic mass is 9.71. The second-order valence-electron chi connectivity index (χ2n) is 6.50. The van der Waals surface area contributed by atoms with Gasteiger partial charge in [-0.25, -0.2) is 0 Å². The van der Waals surface area contributed by atoms with Crippen LogP contribution < -0.4 is 11.5 Å². The number of carbonyl (C=O) groups excluding carboxylic acids is 2. The van der Waals surface area contributed by atoms with Crippen LogP contribution in [0.15, 0.2) is 0 Å². The molecule has 0 aromatic heterocycles. The van der Waals surface area contributed by atoms with Gasteiger partial charge in [-0.15, -0.1) is 12.4 Å². The minimum absolute atomic E-state index is 0. The number of amides is 2. The Bertz CT molecular complexity index is 362. The third-order valence-electron chi connectivity index (χ3n) is 5.12. The van der Waals surface area contributed by atoms with Crippen LogP contribution in [-0.2, 0) is 9.59 Å². The first-order chi connectivity index (χ1) is 9.56. The summed E-state index contributed by atoms with van der Waals surface area (Å²) in [4.78, 5) is 25.5. The molecule has 0 radical (unpaired) electrons. The Kier molecular flexibility index (Phi) is 6.94. The van der Waals surface area contributed by atoms with Crippen LogP contribution >= 0.6 is 12.4 Å². The SMILES string of the molecule is Cl.NCC1(CC(=O)N2CCC(C(N)=O)CC2)CCCCC1. The van der Waals surface area contributed by atoms with E-state index in [2.05, 4.69) is 0 Å². The number of rotatable bonds is 4. The molecule has 0 aromatic carbocycles. The molecule has 1 aliphatic heterocycles. The van der Waals surface area contributed by atoms with Gasteiger partial charge in [-0.05, 0) is 37.6 Å². The molecule has 1 heterocycles. The number of nitrogens with two attached hydrogens (primary N) is 2. The maximum atomic E-state index is 12.5. The Morgan fingerprint density at radius 2 is 1.67 bits per heavy atom. The van der Waals surface area contributed by atoms with Crippen molar-refractivity contribution in [3.05, 3.63) is 0 Å². The van der Waals surface area contributed by atoms with Crippen LogP contribution in [0.5, 0.6) is 0 Å². The zero-order valence-electron chi connectivity index (χ0n) is 12.7. The van der Waals surface area contributed by atoms with Crippen molar-refractivity contribution in [1.82, 2.24) is 4.90 Å². The van der Waals surface area contributed by atoms with Gasteiger partial charge in [0.05, 0.1) is 0 Å². The van der Waals surface area contributed by atoms with Crippen LogP contribution in [0.3, 0.4) is 0 Å². The molecule has 0 bridgehead atoms. The molecule has 4 N–H and O–H groups in total. The van der Waals surface area contributed by atoms with Gasteiger partial charge in [0.1, 0.15) is 0 Å². The molecule has 2 rings (SSSR count). The Morgan fingerprint density at radius 3 is 2.14 bits per heavy atom. The van der Waals surface area contributed by atoms with E-state index >= 15 is 0 Å². The highest BCUT2D eigenvalue weighted by molar-refractivity contribution is 5.85. The molecule has 5 nitrogen and oxygen atoms in total. The average Bonchev–Trinajstić information content (AvgIpc) is 2.48. The molecule has 0 aromatic rings. The molecule has 0 unspecified atom stereocenters. The van der Waals surface area contributed by atoms with Crippen LogP contribution in [-0.4, -0.2) is 36.3 Å². The van der Waals surface area contributed by atoms with Crippen molar-refractivity contribution in [3.8, 4) is 0 Å². The van der Waals surface area contributed by atoms with Crippen molar-refractivity contribution in [1.29, 1.82) is 0 Å². The molecule has 2 amide bonds. The molecule has 2 fully saturated rings. The lowest BCUT2D eigenvalue weighted by Crippen LogP contribution is -2.45. The molecule has 1 saturated carbocycles. The fourth-order valence-corrected chi connectivity index (χ4v) is 3.60. The van der Waals surface area contributed by atoms with Crippen molar-refractivity contribution in [2.24, 2.45) is 22.8 Å². The molecule has 122 valence electrons. The smallest absolute Gasteiger partial charge is 0.223 e. The Labute approximate surface area is 133 Å². The third-order valence-corrected chi connectivity index (χ3v) is 5.12. The number of likely N-dealkylation sites (tertiary alicyclic amines) is 1. The predicted octanol–water partition coefficient (Wildman–Crippen LogP) is 1.43. The lowest BCUT2D eigenvalue weighted by Gasteiger charge is -2.38. The van der Waals surface area contributed by atoms with E-state index in [1.165, 1.54) is 19.3 Å². The van der Waals surface area contributed by atoms with Crippen molar-refractivity contribution in [2.45, 2.75) is 51.4 Å². The predicted molar refractivity (Wildman–Crippen MR) is 84.9 cm³/mol. The largest absolute Gasteiger partial charge is 0.369 e. The summed E-state index contributed by atoms with van der Waals surface area (Å²) in [5.41, 5.74) is 11.3. The van der Waals surface area contributed by atoms with E-state index in [-0.39, 0.29) is 35.6 Å². The Morgan fingerprint density at radius 1 is 1.10 bits per heavy atom. The van der Waals surface area contributed by atoms with Gasteiger partial charge in [0.25, 0.3) is 0 Å². The van der Waals surface area contributed by atoms with E-state index in [4.69, 9.17) is 11.5 Å². The van der Waals surface area contributed by atoms with Gasteiger partial charge >= 0.3 is 0 Å². The lowest BCUT2D eigenvalue weighted by molar-refractivity contribution is -0.137. The molecule has 2 aliphatic rings. The fourth-order valence-electron chi connectivity index (χ4n) is 3.60. The minimum Gasteiger partial charge on any atom is -0.369 e. The minimum atomic E-state index is -0.234. The zero-order valence-corrected chi connectivity index (χ0v) is 13.5. The number of nitrogens with zero attached hydrogens (tertiary/aromatic N) is 1. The van der Waals surface area contributed by atoms with Crippen LogP contribution in [0.4, 0.5) is 0 Å². The summed E-state index contributed by atoms with van der Waals surface area (Å²) in [5, 5.41) is 0. The van der Waals surface area contributed by atoms with E-state index < -0.39 is 0 Å². The summed E-state index contributed by atoms with van der Waals surface area (Å²) < 4.78 is 0. The monoisotopic (exact) mass is 317 g/mol. The first-order valence-electron chi connectivity index (χ1n) is 7.83. The molecule has 0 atom stereocenters. The molecular formula is C15H28ClN3O2. The summed E-state index contributed by atoms with van der Waals surface area (Å²) in [6.45, 7) is 1.93. The van der Waals surface area contributed by atoms with Gasteiger partial charge in [0.15, 0.2) is 0 Å². The summed E-state index contributed by atoms with van der Waals surface area (Å²) in [7, 11) is 0. The highest BCUT2D eigenvalue weighted by Gasteiger charge is 2.35. The molecule has 0 spiro atoms. The second-order valence-corrected chi connectivity index (χ2v) is 6.50. The maximum absolute atomic E-state index is 12.5. The summed E-state index contributed by atoms with van der Waals surface area (Å²) in [5.74, 6) is -0.0831. The molecular weight excluding hydrogens is 290 g/mol. The molecule has 1 aliphatic carbocycles. The van der Waals surface area contributed by atoms with Crippen LogP contribution in [0.2, 0.25) is 0 Å². The van der Waals surface area contributed by atoms with E-state index in [0.717, 1.165) is 12.8 Å². The van der Waals surface area contributed by atoms with Crippen molar-refractivity contribution < 1.29 is 9.59 Å². The van der Waals surface area contributed by atoms with Crippen LogP contribution in [0, 0.1) is 11.3 Å².